The van der Waals surface area contributed by atoms with Crippen LogP contribution in [-0.2, 0) is 26.4 Å². The second-order valence-electron chi connectivity index (χ2n) is 8.08. The van der Waals surface area contributed by atoms with Crippen molar-refractivity contribution in [3.63, 3.8) is 0 Å². The summed E-state index contributed by atoms with van der Waals surface area (Å²) >= 11 is 0. The van der Waals surface area contributed by atoms with Crippen molar-refractivity contribution >= 4 is 29.9 Å². The zero-order valence-corrected chi connectivity index (χ0v) is 22.5. The Morgan fingerprint density at radius 2 is 1.52 bits per heavy atom. The molecule has 1 heterocycles. The Morgan fingerprint density at radius 1 is 0.909 bits per heavy atom. The van der Waals surface area contributed by atoms with Crippen LogP contribution in [0, 0.1) is 20.8 Å². The van der Waals surface area contributed by atoms with Gasteiger partial charge in [0.15, 0.2) is 11.8 Å². The summed E-state index contributed by atoms with van der Waals surface area (Å²) in [5.41, 5.74) is 5.17. The summed E-state index contributed by atoms with van der Waals surface area (Å²) in [6.45, 7) is 8.27. The number of rotatable bonds is 9. The van der Waals surface area contributed by atoms with Crippen LogP contribution in [-0.4, -0.2) is 40.9 Å². The van der Waals surface area contributed by atoms with E-state index in [-0.39, 0.29) is 24.0 Å². The highest BCUT2D eigenvalue weighted by Crippen LogP contribution is 2.11. The zero-order chi connectivity index (χ0) is 22.9. The maximum absolute atomic E-state index is 5.23. The highest BCUT2D eigenvalue weighted by Gasteiger charge is 2.06. The molecule has 0 fully saturated rings. The lowest BCUT2D eigenvalue weighted by atomic mass is 10.1. The third kappa shape index (κ3) is 8.34. The molecule has 0 saturated heterocycles. The Morgan fingerprint density at radius 3 is 2.06 bits per heavy atom. The molecule has 0 amide bonds. The number of ether oxygens (including phenoxy) is 1. The highest BCUT2D eigenvalue weighted by molar-refractivity contribution is 14.0. The van der Waals surface area contributed by atoms with Crippen LogP contribution in [0.1, 0.15) is 33.9 Å². The molecule has 2 aromatic carbocycles. The summed E-state index contributed by atoms with van der Waals surface area (Å²) in [6.07, 6.45) is 1.83. The summed E-state index contributed by atoms with van der Waals surface area (Å²) in [4.78, 5) is 4.74. The lowest BCUT2D eigenvalue weighted by Gasteiger charge is -2.13. The Kier molecular flexibility index (Phi) is 10.6. The first-order chi connectivity index (χ1) is 15.4. The number of hydrogen-bond acceptors (Lipinski definition) is 4. The van der Waals surface area contributed by atoms with Gasteiger partial charge in [0.25, 0.3) is 0 Å². The van der Waals surface area contributed by atoms with E-state index < -0.39 is 0 Å². The van der Waals surface area contributed by atoms with Gasteiger partial charge in [-0.3, -0.25) is 0 Å². The smallest absolute Gasteiger partial charge is 0.191 e. The van der Waals surface area contributed by atoms with Crippen molar-refractivity contribution < 1.29 is 4.74 Å². The fourth-order valence-corrected chi connectivity index (χ4v) is 3.57. The molecule has 1 aromatic heterocycles. The van der Waals surface area contributed by atoms with E-state index in [4.69, 9.17) is 9.73 Å². The third-order valence-corrected chi connectivity index (χ3v) is 5.41. The van der Waals surface area contributed by atoms with Crippen LogP contribution in [0.4, 0.5) is 0 Å². The Bertz CT molecular complexity index is 1030. The van der Waals surface area contributed by atoms with Gasteiger partial charge in [-0.2, -0.15) is 0 Å². The van der Waals surface area contributed by atoms with E-state index in [2.05, 4.69) is 65.0 Å². The van der Waals surface area contributed by atoms with E-state index in [0.29, 0.717) is 6.54 Å². The van der Waals surface area contributed by atoms with Crippen molar-refractivity contribution in [1.82, 2.24) is 25.4 Å². The second kappa shape index (κ2) is 13.2. The van der Waals surface area contributed by atoms with Gasteiger partial charge in [0, 0.05) is 20.1 Å². The zero-order valence-electron chi connectivity index (χ0n) is 20.2. The maximum Gasteiger partial charge on any atom is 0.191 e. The van der Waals surface area contributed by atoms with Crippen LogP contribution in [0.15, 0.2) is 47.5 Å². The second-order valence-corrected chi connectivity index (χ2v) is 8.08. The van der Waals surface area contributed by atoms with Crippen LogP contribution < -0.4 is 15.4 Å². The molecule has 0 atom stereocenters. The number of aryl methyl sites for hydroxylation is 3. The first-order valence-electron chi connectivity index (χ1n) is 11.0. The van der Waals surface area contributed by atoms with Crippen molar-refractivity contribution in [2.75, 3.05) is 20.2 Å². The molecular formula is C25H35IN6O. The van der Waals surface area contributed by atoms with Gasteiger partial charge in [0.2, 0.25) is 0 Å². The minimum absolute atomic E-state index is 0. The molecule has 0 aliphatic carbocycles. The van der Waals surface area contributed by atoms with Crippen molar-refractivity contribution in [2.45, 2.75) is 40.2 Å². The van der Waals surface area contributed by atoms with Crippen LogP contribution in [0.2, 0.25) is 0 Å². The van der Waals surface area contributed by atoms with Crippen molar-refractivity contribution in [1.29, 1.82) is 0 Å². The number of nitrogens with one attached hydrogen (secondary N) is 2. The van der Waals surface area contributed by atoms with E-state index in [0.717, 1.165) is 49.3 Å². The van der Waals surface area contributed by atoms with Crippen molar-refractivity contribution in [3.05, 3.63) is 76.4 Å². The summed E-state index contributed by atoms with van der Waals surface area (Å²) in [5.74, 6) is 3.37. The monoisotopic (exact) mass is 562 g/mol. The SMILES string of the molecule is COc1ccc(CCNC(=NCc2nnc(C)n2C)NCCc2cc(C)cc(C)c2)cc1.I. The van der Waals surface area contributed by atoms with Gasteiger partial charge in [-0.15, -0.1) is 34.2 Å². The van der Waals surface area contributed by atoms with Crippen LogP contribution in [0.25, 0.3) is 0 Å². The largest absolute Gasteiger partial charge is 0.497 e. The van der Waals surface area contributed by atoms with Crippen molar-refractivity contribution in [3.8, 4) is 5.75 Å². The molecule has 2 N–H and O–H groups in total. The molecule has 0 bridgehead atoms. The van der Waals surface area contributed by atoms with E-state index in [1.807, 2.05) is 30.7 Å². The fourth-order valence-electron chi connectivity index (χ4n) is 3.57. The topological polar surface area (TPSA) is 76.4 Å². The van der Waals surface area contributed by atoms with E-state index in [1.54, 1.807) is 7.11 Å². The normalized spacial score (nSPS) is 11.1. The summed E-state index contributed by atoms with van der Waals surface area (Å²) < 4.78 is 7.20. The first-order valence-corrected chi connectivity index (χ1v) is 11.0. The molecule has 3 aromatic rings. The van der Waals surface area contributed by atoms with Crippen LogP contribution in [0.3, 0.4) is 0 Å². The molecule has 0 unspecified atom stereocenters. The Labute approximate surface area is 214 Å². The lowest BCUT2D eigenvalue weighted by Crippen LogP contribution is -2.39. The number of halogens is 1. The number of aliphatic imine (C=N–C) groups is 1. The Balaban J connectivity index is 0.00000385. The molecule has 8 heteroatoms. The average molecular weight is 563 g/mol. The Hall–Kier alpha value is -2.62. The number of guanidine groups is 1. The number of methoxy groups -OCH3 is 1. The number of nitrogens with zero attached hydrogens (tertiary/aromatic N) is 4. The number of aromatic nitrogens is 3. The molecular weight excluding hydrogens is 527 g/mol. The fraction of sp³-hybridized carbons (Fsp3) is 0.400. The van der Waals surface area contributed by atoms with Crippen LogP contribution >= 0.6 is 24.0 Å². The molecule has 7 nitrogen and oxygen atoms in total. The quantitative estimate of drug-likeness (QED) is 0.235. The first kappa shape index (κ1) is 26.6. The average Bonchev–Trinajstić information content (AvgIpc) is 3.09. The molecule has 33 heavy (non-hydrogen) atoms. The molecule has 0 aliphatic heterocycles. The third-order valence-electron chi connectivity index (χ3n) is 5.41. The highest BCUT2D eigenvalue weighted by atomic mass is 127. The van der Waals surface area contributed by atoms with Gasteiger partial charge in [-0.05, 0) is 56.9 Å². The molecule has 0 spiro atoms. The molecule has 0 radical (unpaired) electrons. The summed E-state index contributed by atoms with van der Waals surface area (Å²) in [6, 6.07) is 14.8. The van der Waals surface area contributed by atoms with Gasteiger partial charge in [0.05, 0.1) is 7.11 Å². The van der Waals surface area contributed by atoms with E-state index in [9.17, 15) is 0 Å². The minimum atomic E-state index is 0. The maximum atomic E-state index is 5.23. The number of hydrogen-bond donors (Lipinski definition) is 2. The summed E-state index contributed by atoms with van der Waals surface area (Å²) in [5, 5.41) is 15.3. The molecule has 178 valence electrons. The van der Waals surface area contributed by atoms with Gasteiger partial charge in [-0.1, -0.05) is 41.5 Å². The molecule has 0 aliphatic rings. The lowest BCUT2D eigenvalue weighted by molar-refractivity contribution is 0.414. The predicted octanol–water partition coefficient (Wildman–Crippen LogP) is 3.89. The predicted molar refractivity (Wildman–Crippen MR) is 145 cm³/mol. The van der Waals surface area contributed by atoms with Gasteiger partial charge in [0.1, 0.15) is 18.1 Å². The minimum Gasteiger partial charge on any atom is -0.497 e. The standard InChI is InChI=1S/C25H34N6O.HI/c1-18-14-19(2)16-22(15-18)11-13-27-25(28-17-24-30-29-20(3)31(24)4)26-12-10-21-6-8-23(32-5)9-7-21;/h6-9,14-16H,10-13,17H2,1-5H3,(H2,26,27,28);1H. The van der Waals surface area contributed by atoms with E-state index in [1.165, 1.54) is 22.3 Å². The van der Waals surface area contributed by atoms with E-state index >= 15 is 0 Å². The summed E-state index contributed by atoms with van der Waals surface area (Å²) in [7, 11) is 3.64. The van der Waals surface area contributed by atoms with Crippen molar-refractivity contribution in [2.24, 2.45) is 12.0 Å². The molecule has 0 saturated carbocycles. The van der Waals surface area contributed by atoms with Gasteiger partial charge in [-0.25, -0.2) is 4.99 Å². The van der Waals surface area contributed by atoms with Gasteiger partial charge >= 0.3 is 0 Å². The number of benzene rings is 2. The van der Waals surface area contributed by atoms with Gasteiger partial charge < -0.3 is 19.9 Å². The molecule has 3 rings (SSSR count). The van der Waals surface area contributed by atoms with Crippen LogP contribution in [0.5, 0.6) is 5.75 Å².